The number of fused-ring (bicyclic) bond motifs is 1. The number of aryl methyl sites for hydroxylation is 1. The molecule has 0 saturated carbocycles. The molecule has 6 heteroatoms. The number of anilines is 1. The number of nitrogens with two attached hydrogens (primary N) is 1. The SMILES string of the molecule is Cc1c(N)cccc1-c1nc2cc([N+](=O)[O-])cc(C)c2o1. The summed E-state index contributed by atoms with van der Waals surface area (Å²) in [5.74, 6) is 0.415. The number of nitrogen functional groups attached to an aromatic ring is 1. The summed E-state index contributed by atoms with van der Waals surface area (Å²) in [4.78, 5) is 14.8. The maximum absolute atomic E-state index is 10.9. The second kappa shape index (κ2) is 4.59. The van der Waals surface area contributed by atoms with Crippen molar-refractivity contribution in [1.29, 1.82) is 0 Å². The number of nitro benzene ring substituents is 1. The Morgan fingerprint density at radius 1 is 1.29 bits per heavy atom. The van der Waals surface area contributed by atoms with Gasteiger partial charge < -0.3 is 10.2 Å². The maximum Gasteiger partial charge on any atom is 0.272 e. The molecule has 1 aromatic heterocycles. The van der Waals surface area contributed by atoms with Crippen molar-refractivity contribution < 1.29 is 9.34 Å². The van der Waals surface area contributed by atoms with E-state index in [0.717, 1.165) is 11.1 Å². The molecule has 0 spiro atoms. The van der Waals surface area contributed by atoms with Gasteiger partial charge in [0.1, 0.15) is 5.52 Å². The van der Waals surface area contributed by atoms with Crippen molar-refractivity contribution in [2.24, 2.45) is 0 Å². The average Bonchev–Trinajstić information content (AvgIpc) is 2.86. The molecule has 1 heterocycles. The lowest BCUT2D eigenvalue weighted by Gasteiger charge is -2.03. The second-order valence-corrected chi connectivity index (χ2v) is 4.91. The Morgan fingerprint density at radius 2 is 2.05 bits per heavy atom. The molecule has 0 bridgehead atoms. The third-order valence-electron chi connectivity index (χ3n) is 3.48. The van der Waals surface area contributed by atoms with Crippen molar-refractivity contribution >= 4 is 22.5 Å². The highest BCUT2D eigenvalue weighted by molar-refractivity contribution is 5.82. The van der Waals surface area contributed by atoms with Crippen LogP contribution in [0.25, 0.3) is 22.6 Å². The lowest BCUT2D eigenvalue weighted by atomic mass is 10.1. The van der Waals surface area contributed by atoms with Crippen LogP contribution >= 0.6 is 0 Å². The van der Waals surface area contributed by atoms with Gasteiger partial charge in [0.25, 0.3) is 5.69 Å². The van der Waals surface area contributed by atoms with Crippen LogP contribution < -0.4 is 5.73 Å². The number of nitrogens with zero attached hydrogens (tertiary/aromatic N) is 2. The van der Waals surface area contributed by atoms with Gasteiger partial charge in [-0.2, -0.15) is 0 Å². The van der Waals surface area contributed by atoms with Crippen LogP contribution in [0.15, 0.2) is 34.7 Å². The van der Waals surface area contributed by atoms with Gasteiger partial charge in [0, 0.05) is 28.9 Å². The topological polar surface area (TPSA) is 95.2 Å². The van der Waals surface area contributed by atoms with Gasteiger partial charge in [-0.05, 0) is 31.5 Å². The summed E-state index contributed by atoms with van der Waals surface area (Å²) in [6, 6.07) is 8.38. The summed E-state index contributed by atoms with van der Waals surface area (Å²) in [5.41, 5.74) is 9.90. The molecule has 0 atom stereocenters. The molecule has 0 amide bonds. The molecule has 0 fully saturated rings. The Kier molecular flexibility index (Phi) is 2.86. The molecule has 0 saturated heterocycles. The minimum Gasteiger partial charge on any atom is -0.436 e. The van der Waals surface area contributed by atoms with Gasteiger partial charge in [-0.15, -0.1) is 0 Å². The minimum atomic E-state index is -0.438. The number of nitro groups is 1. The minimum absolute atomic E-state index is 0.00384. The summed E-state index contributed by atoms with van der Waals surface area (Å²) in [6.45, 7) is 3.64. The molecule has 2 aromatic carbocycles. The Balaban J connectivity index is 2.24. The number of non-ortho nitro benzene ring substituents is 1. The van der Waals surface area contributed by atoms with Crippen molar-refractivity contribution in [3.8, 4) is 11.5 Å². The fraction of sp³-hybridized carbons (Fsp3) is 0.133. The van der Waals surface area contributed by atoms with E-state index >= 15 is 0 Å². The number of hydrogen-bond acceptors (Lipinski definition) is 5. The van der Waals surface area contributed by atoms with Crippen molar-refractivity contribution in [3.63, 3.8) is 0 Å². The molecule has 3 rings (SSSR count). The van der Waals surface area contributed by atoms with E-state index in [-0.39, 0.29) is 5.69 Å². The van der Waals surface area contributed by atoms with Gasteiger partial charge in [0.2, 0.25) is 5.89 Å². The lowest BCUT2D eigenvalue weighted by Crippen LogP contribution is -1.91. The zero-order valence-corrected chi connectivity index (χ0v) is 11.6. The average molecular weight is 283 g/mol. The maximum atomic E-state index is 10.9. The van der Waals surface area contributed by atoms with E-state index in [4.69, 9.17) is 10.2 Å². The van der Waals surface area contributed by atoms with E-state index in [1.165, 1.54) is 12.1 Å². The van der Waals surface area contributed by atoms with Crippen LogP contribution in [0, 0.1) is 24.0 Å². The van der Waals surface area contributed by atoms with Gasteiger partial charge in [-0.1, -0.05) is 6.07 Å². The van der Waals surface area contributed by atoms with Crippen LogP contribution in [-0.2, 0) is 0 Å². The van der Waals surface area contributed by atoms with Gasteiger partial charge in [-0.25, -0.2) is 4.98 Å². The first-order chi connectivity index (χ1) is 9.97. The Hall–Kier alpha value is -2.89. The highest BCUT2D eigenvalue weighted by Gasteiger charge is 2.17. The zero-order chi connectivity index (χ0) is 15.1. The standard InChI is InChI=1S/C15H13N3O3/c1-8-6-10(18(19)20)7-13-14(8)21-15(17-13)11-4-3-5-12(16)9(11)2/h3-7H,16H2,1-2H3. The molecule has 0 aliphatic rings. The van der Waals surface area contributed by atoms with Crippen molar-refractivity contribution in [1.82, 2.24) is 4.98 Å². The van der Waals surface area contributed by atoms with E-state index in [9.17, 15) is 10.1 Å². The Labute approximate surface area is 120 Å². The molecular weight excluding hydrogens is 270 g/mol. The van der Waals surface area contributed by atoms with Gasteiger partial charge in [0.15, 0.2) is 5.58 Å². The Bertz CT molecular complexity index is 868. The molecule has 21 heavy (non-hydrogen) atoms. The number of hydrogen-bond donors (Lipinski definition) is 1. The predicted molar refractivity (Wildman–Crippen MR) is 80.0 cm³/mol. The number of benzene rings is 2. The third kappa shape index (κ3) is 2.10. The monoisotopic (exact) mass is 283 g/mol. The smallest absolute Gasteiger partial charge is 0.272 e. The van der Waals surface area contributed by atoms with Gasteiger partial charge in [0.05, 0.1) is 4.92 Å². The predicted octanol–water partition coefficient (Wildman–Crippen LogP) is 3.60. The molecule has 0 unspecified atom stereocenters. The quantitative estimate of drug-likeness (QED) is 0.440. The summed E-state index contributed by atoms with van der Waals surface area (Å²) >= 11 is 0. The fourth-order valence-electron chi connectivity index (χ4n) is 2.29. The van der Waals surface area contributed by atoms with Crippen molar-refractivity contribution in [2.45, 2.75) is 13.8 Å². The van der Waals surface area contributed by atoms with Gasteiger partial charge >= 0.3 is 0 Å². The van der Waals surface area contributed by atoms with Crippen LogP contribution in [0.1, 0.15) is 11.1 Å². The highest BCUT2D eigenvalue weighted by Crippen LogP contribution is 2.32. The summed E-state index contributed by atoms with van der Waals surface area (Å²) in [6.07, 6.45) is 0. The largest absolute Gasteiger partial charge is 0.436 e. The van der Waals surface area contributed by atoms with Crippen LogP contribution in [0.2, 0.25) is 0 Å². The highest BCUT2D eigenvalue weighted by atomic mass is 16.6. The molecule has 0 radical (unpaired) electrons. The fourth-order valence-corrected chi connectivity index (χ4v) is 2.29. The summed E-state index contributed by atoms with van der Waals surface area (Å²) < 4.78 is 5.77. The first-order valence-electron chi connectivity index (χ1n) is 6.38. The van der Waals surface area contributed by atoms with Gasteiger partial charge in [-0.3, -0.25) is 10.1 Å². The molecule has 106 valence electrons. The van der Waals surface area contributed by atoms with E-state index in [1.807, 2.05) is 19.1 Å². The van der Waals surface area contributed by atoms with E-state index in [2.05, 4.69) is 4.98 Å². The third-order valence-corrected chi connectivity index (χ3v) is 3.48. The second-order valence-electron chi connectivity index (χ2n) is 4.91. The Morgan fingerprint density at radius 3 is 2.76 bits per heavy atom. The number of rotatable bonds is 2. The molecule has 3 aromatic rings. The molecule has 2 N–H and O–H groups in total. The van der Waals surface area contributed by atoms with E-state index in [1.54, 1.807) is 13.0 Å². The summed E-state index contributed by atoms with van der Waals surface area (Å²) in [5, 5.41) is 10.9. The van der Waals surface area contributed by atoms with Crippen molar-refractivity contribution in [3.05, 3.63) is 51.6 Å². The first-order valence-corrected chi connectivity index (χ1v) is 6.38. The van der Waals surface area contributed by atoms with Crippen LogP contribution in [0.3, 0.4) is 0 Å². The molecular formula is C15H13N3O3. The summed E-state index contributed by atoms with van der Waals surface area (Å²) in [7, 11) is 0. The zero-order valence-electron chi connectivity index (χ0n) is 11.6. The van der Waals surface area contributed by atoms with E-state index in [0.29, 0.717) is 28.2 Å². The number of oxazole rings is 1. The van der Waals surface area contributed by atoms with Crippen LogP contribution in [0.4, 0.5) is 11.4 Å². The van der Waals surface area contributed by atoms with Crippen LogP contribution in [-0.4, -0.2) is 9.91 Å². The lowest BCUT2D eigenvalue weighted by molar-refractivity contribution is -0.384. The van der Waals surface area contributed by atoms with Crippen LogP contribution in [0.5, 0.6) is 0 Å². The molecule has 0 aliphatic heterocycles. The number of aromatic nitrogens is 1. The molecule has 0 aliphatic carbocycles. The van der Waals surface area contributed by atoms with E-state index < -0.39 is 4.92 Å². The van der Waals surface area contributed by atoms with Crippen molar-refractivity contribution in [2.75, 3.05) is 5.73 Å². The molecule has 6 nitrogen and oxygen atoms in total. The normalized spacial score (nSPS) is 11.0. The first kappa shape index (κ1) is 13.1.